The molecule has 4 heteroatoms. The van der Waals surface area contributed by atoms with Gasteiger partial charge < -0.3 is 13.7 Å². The van der Waals surface area contributed by atoms with E-state index in [1.807, 2.05) is 24.3 Å². The summed E-state index contributed by atoms with van der Waals surface area (Å²) in [5.41, 5.74) is 4.46. The molecule has 0 saturated carbocycles. The van der Waals surface area contributed by atoms with Gasteiger partial charge in [0.1, 0.15) is 11.2 Å². The van der Waals surface area contributed by atoms with Crippen molar-refractivity contribution < 1.29 is 13.7 Å². The van der Waals surface area contributed by atoms with Crippen LogP contribution in [0.3, 0.4) is 0 Å². The van der Waals surface area contributed by atoms with Gasteiger partial charge in [0, 0.05) is 10.8 Å². The monoisotopic (exact) mass is 370 g/mol. The van der Waals surface area contributed by atoms with Gasteiger partial charge >= 0.3 is 7.12 Å². The van der Waals surface area contributed by atoms with Crippen molar-refractivity contribution in [2.75, 3.05) is 0 Å². The SMILES string of the molecule is CC1(C)OB(c2cccc(-c3ccc4oc5ccccc5c4c3)c2)OC1(C)C. The minimum Gasteiger partial charge on any atom is -0.456 e. The van der Waals surface area contributed by atoms with E-state index < -0.39 is 0 Å². The fraction of sp³-hybridized carbons (Fsp3) is 0.250. The van der Waals surface area contributed by atoms with Crippen molar-refractivity contribution in [3.8, 4) is 11.1 Å². The first-order valence-corrected chi connectivity index (χ1v) is 9.71. The Bertz CT molecular complexity index is 1170. The van der Waals surface area contributed by atoms with Crippen LogP contribution in [0, 0.1) is 0 Å². The molecule has 1 aromatic heterocycles. The Morgan fingerprint density at radius 3 is 2.11 bits per heavy atom. The van der Waals surface area contributed by atoms with Gasteiger partial charge in [-0.25, -0.2) is 0 Å². The third kappa shape index (κ3) is 2.68. The molecular weight excluding hydrogens is 347 g/mol. The molecule has 0 amide bonds. The fourth-order valence-electron chi connectivity index (χ4n) is 3.75. The first-order valence-electron chi connectivity index (χ1n) is 9.71. The third-order valence-corrected chi connectivity index (χ3v) is 6.12. The summed E-state index contributed by atoms with van der Waals surface area (Å²) >= 11 is 0. The quantitative estimate of drug-likeness (QED) is 0.434. The predicted octanol–water partition coefficient (Wildman–Crippen LogP) is 5.55. The smallest absolute Gasteiger partial charge is 0.456 e. The summed E-state index contributed by atoms with van der Waals surface area (Å²) < 4.78 is 18.4. The van der Waals surface area contributed by atoms with E-state index in [1.54, 1.807) is 0 Å². The maximum absolute atomic E-state index is 6.22. The van der Waals surface area contributed by atoms with Crippen molar-refractivity contribution >= 4 is 34.5 Å². The summed E-state index contributed by atoms with van der Waals surface area (Å²) in [5, 5.41) is 2.27. The minimum atomic E-state index is -0.358. The van der Waals surface area contributed by atoms with Crippen molar-refractivity contribution in [2.45, 2.75) is 38.9 Å². The second-order valence-electron chi connectivity index (χ2n) is 8.52. The lowest BCUT2D eigenvalue weighted by Crippen LogP contribution is -2.41. The van der Waals surface area contributed by atoms with E-state index in [4.69, 9.17) is 13.7 Å². The van der Waals surface area contributed by atoms with Crippen molar-refractivity contribution in [2.24, 2.45) is 0 Å². The zero-order chi connectivity index (χ0) is 19.5. The lowest BCUT2D eigenvalue weighted by atomic mass is 9.78. The highest BCUT2D eigenvalue weighted by Crippen LogP contribution is 2.37. The first-order chi connectivity index (χ1) is 13.3. The van der Waals surface area contributed by atoms with Gasteiger partial charge in [0.25, 0.3) is 0 Å². The Morgan fingerprint density at radius 1 is 0.643 bits per heavy atom. The molecule has 1 fully saturated rings. The summed E-state index contributed by atoms with van der Waals surface area (Å²) in [6, 6.07) is 22.9. The molecule has 1 aliphatic rings. The summed E-state index contributed by atoms with van der Waals surface area (Å²) in [4.78, 5) is 0. The lowest BCUT2D eigenvalue weighted by molar-refractivity contribution is 0.00578. The number of benzene rings is 3. The highest BCUT2D eigenvalue weighted by Gasteiger charge is 2.51. The van der Waals surface area contributed by atoms with Gasteiger partial charge in [-0.05, 0) is 62.5 Å². The summed E-state index contributed by atoms with van der Waals surface area (Å²) in [5.74, 6) is 0. The number of para-hydroxylation sites is 1. The molecule has 0 N–H and O–H groups in total. The third-order valence-electron chi connectivity index (χ3n) is 6.12. The number of furan rings is 1. The number of rotatable bonds is 2. The fourth-order valence-corrected chi connectivity index (χ4v) is 3.75. The van der Waals surface area contributed by atoms with Crippen LogP contribution in [-0.2, 0) is 9.31 Å². The number of hydrogen-bond acceptors (Lipinski definition) is 3. The molecule has 0 spiro atoms. The largest absolute Gasteiger partial charge is 0.494 e. The van der Waals surface area contributed by atoms with Crippen molar-refractivity contribution in [1.29, 1.82) is 0 Å². The molecule has 0 bridgehead atoms. The zero-order valence-electron chi connectivity index (χ0n) is 16.7. The highest BCUT2D eigenvalue weighted by molar-refractivity contribution is 6.62. The molecule has 0 unspecified atom stereocenters. The van der Waals surface area contributed by atoms with E-state index in [0.29, 0.717) is 0 Å². The van der Waals surface area contributed by atoms with Gasteiger partial charge in [-0.2, -0.15) is 0 Å². The number of hydrogen-bond donors (Lipinski definition) is 0. The van der Waals surface area contributed by atoms with E-state index >= 15 is 0 Å². The molecule has 0 atom stereocenters. The van der Waals surface area contributed by atoms with Crippen LogP contribution in [0.15, 0.2) is 71.1 Å². The molecule has 3 nitrogen and oxygen atoms in total. The molecule has 3 aromatic carbocycles. The van der Waals surface area contributed by atoms with E-state index in [-0.39, 0.29) is 18.3 Å². The molecule has 28 heavy (non-hydrogen) atoms. The highest BCUT2D eigenvalue weighted by atomic mass is 16.7. The standard InChI is InChI=1S/C24H23BO3/c1-23(2)24(3,4)28-25(27-23)18-9-7-8-16(14-18)17-12-13-22-20(15-17)19-10-5-6-11-21(19)26-22/h5-15H,1-4H3. The predicted molar refractivity (Wildman–Crippen MR) is 115 cm³/mol. The lowest BCUT2D eigenvalue weighted by Gasteiger charge is -2.32. The molecule has 140 valence electrons. The van der Waals surface area contributed by atoms with Gasteiger partial charge in [-0.3, -0.25) is 0 Å². The Hall–Kier alpha value is -2.56. The Morgan fingerprint density at radius 2 is 1.32 bits per heavy atom. The van der Waals surface area contributed by atoms with Crippen LogP contribution >= 0.6 is 0 Å². The molecular formula is C24H23BO3. The van der Waals surface area contributed by atoms with Gasteiger partial charge in [0.2, 0.25) is 0 Å². The average molecular weight is 370 g/mol. The van der Waals surface area contributed by atoms with Crippen LogP contribution in [0.1, 0.15) is 27.7 Å². The Kier molecular flexibility index (Phi) is 3.74. The summed E-state index contributed by atoms with van der Waals surface area (Å²) in [6.45, 7) is 8.31. The Labute approximate surface area is 165 Å². The molecule has 1 aliphatic heterocycles. The van der Waals surface area contributed by atoms with Gasteiger partial charge in [-0.15, -0.1) is 0 Å². The second kappa shape index (κ2) is 5.97. The van der Waals surface area contributed by atoms with Crippen molar-refractivity contribution in [3.05, 3.63) is 66.7 Å². The van der Waals surface area contributed by atoms with Gasteiger partial charge in [0.05, 0.1) is 11.2 Å². The van der Waals surface area contributed by atoms with Crippen LogP contribution in [-0.4, -0.2) is 18.3 Å². The summed E-state index contributed by atoms with van der Waals surface area (Å²) in [7, 11) is -0.358. The van der Waals surface area contributed by atoms with Gasteiger partial charge in [0.15, 0.2) is 0 Å². The first kappa shape index (κ1) is 17.5. The van der Waals surface area contributed by atoms with E-state index in [9.17, 15) is 0 Å². The van der Waals surface area contributed by atoms with Gasteiger partial charge in [-0.1, -0.05) is 48.5 Å². The molecule has 0 aliphatic carbocycles. The van der Waals surface area contributed by atoms with Crippen molar-refractivity contribution in [3.63, 3.8) is 0 Å². The van der Waals surface area contributed by atoms with Crippen molar-refractivity contribution in [1.82, 2.24) is 0 Å². The normalized spacial score (nSPS) is 18.2. The maximum Gasteiger partial charge on any atom is 0.494 e. The average Bonchev–Trinajstić information content (AvgIpc) is 3.15. The molecule has 2 heterocycles. The van der Waals surface area contributed by atoms with Crippen LogP contribution in [0.25, 0.3) is 33.1 Å². The molecule has 0 radical (unpaired) electrons. The van der Waals surface area contributed by atoms with E-state index in [2.05, 4.69) is 70.2 Å². The minimum absolute atomic E-state index is 0.345. The van der Waals surface area contributed by atoms with E-state index in [0.717, 1.165) is 38.5 Å². The molecule has 4 aromatic rings. The zero-order valence-corrected chi connectivity index (χ0v) is 16.7. The topological polar surface area (TPSA) is 31.6 Å². The van der Waals surface area contributed by atoms with E-state index in [1.165, 1.54) is 0 Å². The van der Waals surface area contributed by atoms with Crippen LogP contribution in [0.2, 0.25) is 0 Å². The molecule has 1 saturated heterocycles. The Balaban J connectivity index is 1.56. The number of fused-ring (bicyclic) bond motifs is 3. The summed E-state index contributed by atoms with van der Waals surface area (Å²) in [6.07, 6.45) is 0. The van der Waals surface area contributed by atoms with Crippen LogP contribution in [0.4, 0.5) is 0 Å². The second-order valence-corrected chi connectivity index (χ2v) is 8.52. The van der Waals surface area contributed by atoms with Crippen LogP contribution < -0.4 is 5.46 Å². The molecule has 5 rings (SSSR count). The maximum atomic E-state index is 6.22. The van der Waals surface area contributed by atoms with Crippen LogP contribution in [0.5, 0.6) is 0 Å².